The topological polar surface area (TPSA) is 44.5 Å². The Morgan fingerprint density at radius 1 is 1.40 bits per heavy atom. The average molecular weight is 143 g/mol. The molecule has 3 nitrogen and oxygen atoms in total. The van der Waals surface area contributed by atoms with Crippen LogP contribution in [0, 0.1) is 5.92 Å². The molecule has 2 aliphatic rings. The number of ether oxygens (including phenoxy) is 2. The fourth-order valence-electron chi connectivity index (χ4n) is 1.75. The molecule has 0 spiro atoms. The second kappa shape index (κ2) is 2.49. The average Bonchev–Trinajstić information content (AvgIpc) is 2.44. The van der Waals surface area contributed by atoms with Crippen molar-refractivity contribution >= 4 is 0 Å². The highest BCUT2D eigenvalue weighted by Gasteiger charge is 2.40. The minimum absolute atomic E-state index is 0.310. The van der Waals surface area contributed by atoms with Crippen molar-refractivity contribution < 1.29 is 9.47 Å². The van der Waals surface area contributed by atoms with E-state index in [-0.39, 0.29) is 0 Å². The molecule has 2 heterocycles. The Labute approximate surface area is 60.5 Å². The molecule has 2 saturated heterocycles. The molecule has 0 aliphatic carbocycles. The number of hydrogen-bond acceptors (Lipinski definition) is 3. The Morgan fingerprint density at radius 3 is 3.10 bits per heavy atom. The number of nitrogens with two attached hydrogens (primary N) is 1. The maximum Gasteiger partial charge on any atom is 0.0899 e. The molecule has 0 aromatic rings. The summed E-state index contributed by atoms with van der Waals surface area (Å²) in [5.41, 5.74) is 5.53. The molecule has 3 atom stereocenters. The number of fused-ring (bicyclic) bond motifs is 1. The van der Waals surface area contributed by atoms with Crippen molar-refractivity contribution in [3.63, 3.8) is 0 Å². The fraction of sp³-hybridized carbons (Fsp3) is 1.00. The lowest BCUT2D eigenvalue weighted by Crippen LogP contribution is -2.28. The lowest BCUT2D eigenvalue weighted by molar-refractivity contribution is 0.0646. The van der Waals surface area contributed by atoms with Crippen LogP contribution in [0.15, 0.2) is 0 Å². The summed E-state index contributed by atoms with van der Waals surface area (Å²) in [4.78, 5) is 0. The minimum atomic E-state index is 0.310. The maximum atomic E-state index is 5.53. The van der Waals surface area contributed by atoms with Gasteiger partial charge in [-0.2, -0.15) is 0 Å². The van der Waals surface area contributed by atoms with E-state index in [1.165, 1.54) is 0 Å². The van der Waals surface area contributed by atoms with E-state index in [0.717, 1.165) is 19.6 Å². The van der Waals surface area contributed by atoms with E-state index in [9.17, 15) is 0 Å². The highest BCUT2D eigenvalue weighted by atomic mass is 16.6. The molecule has 2 unspecified atom stereocenters. The van der Waals surface area contributed by atoms with Crippen LogP contribution in [-0.2, 0) is 9.47 Å². The molecule has 0 bridgehead atoms. The zero-order valence-electron chi connectivity index (χ0n) is 5.95. The van der Waals surface area contributed by atoms with Gasteiger partial charge in [-0.3, -0.25) is 0 Å². The molecule has 3 heteroatoms. The Hall–Kier alpha value is -0.120. The molecule has 0 amide bonds. The van der Waals surface area contributed by atoms with Crippen LogP contribution in [0.2, 0.25) is 0 Å². The predicted molar refractivity (Wildman–Crippen MR) is 36.6 cm³/mol. The van der Waals surface area contributed by atoms with Gasteiger partial charge in [-0.05, 0) is 13.0 Å². The third-order valence-corrected chi connectivity index (χ3v) is 2.37. The van der Waals surface area contributed by atoms with E-state index >= 15 is 0 Å². The lowest BCUT2D eigenvalue weighted by atomic mass is 10.0. The number of rotatable bonds is 1. The molecule has 10 heavy (non-hydrogen) atoms. The van der Waals surface area contributed by atoms with Crippen molar-refractivity contribution in [1.82, 2.24) is 0 Å². The first-order valence-electron chi connectivity index (χ1n) is 3.85. The molecule has 0 saturated carbocycles. The molecule has 0 aromatic heterocycles. The van der Waals surface area contributed by atoms with Crippen molar-refractivity contribution in [3.8, 4) is 0 Å². The molecule has 58 valence electrons. The number of hydrogen-bond donors (Lipinski definition) is 1. The van der Waals surface area contributed by atoms with Crippen LogP contribution in [-0.4, -0.2) is 32.0 Å². The van der Waals surface area contributed by atoms with E-state index in [2.05, 4.69) is 0 Å². The molecule has 0 radical (unpaired) electrons. The third kappa shape index (κ3) is 0.856. The van der Waals surface area contributed by atoms with Crippen LogP contribution in [0.1, 0.15) is 6.42 Å². The summed E-state index contributed by atoms with van der Waals surface area (Å²) >= 11 is 0. The Morgan fingerprint density at radius 2 is 2.30 bits per heavy atom. The summed E-state index contributed by atoms with van der Waals surface area (Å²) in [7, 11) is 0. The van der Waals surface area contributed by atoms with Gasteiger partial charge in [0.05, 0.1) is 18.8 Å². The first-order chi connectivity index (χ1) is 4.92. The molecule has 2 N–H and O–H groups in total. The van der Waals surface area contributed by atoms with Gasteiger partial charge in [0.15, 0.2) is 0 Å². The van der Waals surface area contributed by atoms with E-state index < -0.39 is 0 Å². The van der Waals surface area contributed by atoms with Gasteiger partial charge in [-0.1, -0.05) is 0 Å². The van der Waals surface area contributed by atoms with E-state index in [1.807, 2.05) is 0 Å². The zero-order valence-corrected chi connectivity index (χ0v) is 5.95. The van der Waals surface area contributed by atoms with Crippen molar-refractivity contribution in [2.45, 2.75) is 18.6 Å². The van der Waals surface area contributed by atoms with Crippen LogP contribution in [0.3, 0.4) is 0 Å². The van der Waals surface area contributed by atoms with Crippen LogP contribution in [0.4, 0.5) is 0 Å². The van der Waals surface area contributed by atoms with Gasteiger partial charge in [-0.15, -0.1) is 0 Å². The Kier molecular flexibility index (Phi) is 1.64. The van der Waals surface area contributed by atoms with Gasteiger partial charge in [0.25, 0.3) is 0 Å². The van der Waals surface area contributed by atoms with Crippen molar-refractivity contribution in [2.75, 3.05) is 19.8 Å². The van der Waals surface area contributed by atoms with Crippen molar-refractivity contribution in [3.05, 3.63) is 0 Å². The van der Waals surface area contributed by atoms with E-state index in [0.29, 0.717) is 24.7 Å². The lowest BCUT2D eigenvalue weighted by Gasteiger charge is -2.12. The summed E-state index contributed by atoms with van der Waals surface area (Å²) in [5, 5.41) is 0. The quantitative estimate of drug-likeness (QED) is 0.550. The Bertz CT molecular complexity index is 129. The van der Waals surface area contributed by atoms with E-state index in [4.69, 9.17) is 15.2 Å². The first-order valence-corrected chi connectivity index (χ1v) is 3.85. The van der Waals surface area contributed by atoms with Gasteiger partial charge < -0.3 is 15.2 Å². The largest absolute Gasteiger partial charge is 0.375 e. The fourth-order valence-corrected chi connectivity index (χ4v) is 1.75. The molecular weight excluding hydrogens is 130 g/mol. The van der Waals surface area contributed by atoms with E-state index in [1.54, 1.807) is 0 Å². The van der Waals surface area contributed by atoms with Gasteiger partial charge in [-0.25, -0.2) is 0 Å². The summed E-state index contributed by atoms with van der Waals surface area (Å²) < 4.78 is 11.0. The summed E-state index contributed by atoms with van der Waals surface area (Å²) in [6.07, 6.45) is 1.72. The smallest absolute Gasteiger partial charge is 0.0899 e. The normalized spacial score (nSPS) is 45.9. The second-order valence-corrected chi connectivity index (χ2v) is 2.99. The molecule has 0 aromatic carbocycles. The Balaban J connectivity index is 2.01. The van der Waals surface area contributed by atoms with Crippen LogP contribution >= 0.6 is 0 Å². The first kappa shape index (κ1) is 6.58. The van der Waals surface area contributed by atoms with Gasteiger partial charge in [0.2, 0.25) is 0 Å². The summed E-state index contributed by atoms with van der Waals surface area (Å²) in [6.45, 7) is 2.35. The second-order valence-electron chi connectivity index (χ2n) is 2.99. The van der Waals surface area contributed by atoms with Gasteiger partial charge in [0.1, 0.15) is 0 Å². The van der Waals surface area contributed by atoms with Crippen LogP contribution < -0.4 is 5.73 Å². The summed E-state index contributed by atoms with van der Waals surface area (Å²) in [5.74, 6) is 0.451. The van der Waals surface area contributed by atoms with Crippen LogP contribution in [0.5, 0.6) is 0 Å². The third-order valence-electron chi connectivity index (χ3n) is 2.37. The molecule has 2 fully saturated rings. The zero-order chi connectivity index (χ0) is 6.97. The molecule has 2 rings (SSSR count). The SMILES string of the molecule is NC[C@H]1COC2CCOC21. The van der Waals surface area contributed by atoms with Crippen LogP contribution in [0.25, 0.3) is 0 Å². The highest BCUT2D eigenvalue weighted by molar-refractivity contribution is 4.88. The van der Waals surface area contributed by atoms with Crippen molar-refractivity contribution in [1.29, 1.82) is 0 Å². The minimum Gasteiger partial charge on any atom is -0.375 e. The standard InChI is InChI=1S/C7H13NO2/c8-3-5-4-10-6-1-2-9-7(5)6/h5-7H,1-4,8H2/t5-,6?,7?/m0/s1. The maximum absolute atomic E-state index is 5.53. The van der Waals surface area contributed by atoms with Gasteiger partial charge in [0, 0.05) is 12.5 Å². The summed E-state index contributed by atoms with van der Waals surface area (Å²) in [6, 6.07) is 0. The predicted octanol–water partition coefficient (Wildman–Crippen LogP) is -0.251. The molecular formula is C7H13NO2. The monoisotopic (exact) mass is 143 g/mol. The van der Waals surface area contributed by atoms with Gasteiger partial charge >= 0.3 is 0 Å². The molecule has 2 aliphatic heterocycles. The highest BCUT2D eigenvalue weighted by Crippen LogP contribution is 2.29. The van der Waals surface area contributed by atoms with Crippen molar-refractivity contribution in [2.24, 2.45) is 11.7 Å².